The van der Waals surface area contributed by atoms with Gasteiger partial charge in [0.15, 0.2) is 0 Å². The molecule has 1 unspecified atom stereocenters. The Hall–Kier alpha value is -1.69. The summed E-state index contributed by atoms with van der Waals surface area (Å²) in [6.07, 6.45) is 0.956. The quantitative estimate of drug-likeness (QED) is 0.902. The predicted octanol–water partition coefficient (Wildman–Crippen LogP) is 1.85. The molecule has 2 fully saturated rings. The second kappa shape index (κ2) is 6.67. The summed E-state index contributed by atoms with van der Waals surface area (Å²) in [7, 11) is 0. The molecule has 1 aromatic rings. The highest BCUT2D eigenvalue weighted by atomic mass is 32.2. The molecule has 1 N–H and O–H groups in total. The second-order valence-electron chi connectivity index (χ2n) is 6.79. The predicted molar refractivity (Wildman–Crippen MR) is 95.3 cm³/mol. The highest BCUT2D eigenvalue weighted by Gasteiger charge is 2.42. The Morgan fingerprint density at radius 2 is 2.08 bits per heavy atom. The fourth-order valence-electron chi connectivity index (χ4n) is 2.87. The van der Waals surface area contributed by atoms with Crippen molar-refractivity contribution in [3.05, 3.63) is 29.8 Å². The van der Waals surface area contributed by atoms with Gasteiger partial charge >= 0.3 is 0 Å². The van der Waals surface area contributed by atoms with E-state index in [0.717, 1.165) is 12.2 Å². The van der Waals surface area contributed by atoms with Crippen LogP contribution in [0.1, 0.15) is 26.3 Å². The molecule has 0 saturated carbocycles. The van der Waals surface area contributed by atoms with Crippen molar-refractivity contribution in [3.63, 3.8) is 0 Å². The average molecular weight is 348 g/mol. The van der Waals surface area contributed by atoms with E-state index in [4.69, 9.17) is 4.74 Å². The van der Waals surface area contributed by atoms with Crippen molar-refractivity contribution in [3.8, 4) is 5.75 Å². The average Bonchev–Trinajstić information content (AvgIpc) is 2.53. The van der Waals surface area contributed by atoms with Gasteiger partial charge in [-0.25, -0.2) is 0 Å². The summed E-state index contributed by atoms with van der Waals surface area (Å²) >= 11 is 1.53. The van der Waals surface area contributed by atoms with E-state index in [9.17, 15) is 9.59 Å². The highest BCUT2D eigenvalue weighted by molar-refractivity contribution is 8.01. The normalized spacial score (nSPS) is 23.4. The van der Waals surface area contributed by atoms with Crippen LogP contribution in [-0.4, -0.2) is 52.4 Å². The molecule has 0 radical (unpaired) electrons. The van der Waals surface area contributed by atoms with Crippen molar-refractivity contribution in [2.45, 2.75) is 44.1 Å². The van der Waals surface area contributed by atoms with Gasteiger partial charge in [0.2, 0.25) is 11.8 Å². The summed E-state index contributed by atoms with van der Waals surface area (Å²) in [5.41, 5.74) is 1.18. The van der Waals surface area contributed by atoms with Crippen molar-refractivity contribution in [2.75, 3.05) is 18.8 Å². The van der Waals surface area contributed by atoms with Crippen molar-refractivity contribution >= 4 is 23.6 Å². The summed E-state index contributed by atoms with van der Waals surface area (Å²) in [6, 6.07) is 7.59. The van der Waals surface area contributed by atoms with Crippen LogP contribution in [0.4, 0.5) is 0 Å². The van der Waals surface area contributed by atoms with Crippen LogP contribution in [0.3, 0.4) is 0 Å². The summed E-state index contributed by atoms with van der Waals surface area (Å²) in [5.74, 6) is 1.45. The molecule has 2 aliphatic heterocycles. The third-order valence-electron chi connectivity index (χ3n) is 4.57. The van der Waals surface area contributed by atoms with E-state index in [1.54, 1.807) is 4.90 Å². The van der Waals surface area contributed by atoms with E-state index in [2.05, 4.69) is 18.3 Å². The van der Waals surface area contributed by atoms with Gasteiger partial charge in [0.05, 0.1) is 17.8 Å². The monoisotopic (exact) mass is 348 g/mol. The number of para-hydroxylation sites is 1. The third-order valence-corrected chi connectivity index (χ3v) is 5.98. The van der Waals surface area contributed by atoms with E-state index < -0.39 is 10.8 Å². The van der Waals surface area contributed by atoms with Gasteiger partial charge < -0.3 is 15.0 Å². The van der Waals surface area contributed by atoms with Crippen LogP contribution >= 0.6 is 11.8 Å². The number of likely N-dealkylation sites (tertiary alicyclic amines) is 1. The zero-order valence-electron chi connectivity index (χ0n) is 14.4. The van der Waals surface area contributed by atoms with Crippen LogP contribution in [0.2, 0.25) is 0 Å². The molecule has 0 spiro atoms. The first-order valence-electron chi connectivity index (χ1n) is 8.39. The zero-order chi connectivity index (χ0) is 17.3. The summed E-state index contributed by atoms with van der Waals surface area (Å²) in [6.45, 7) is 7.02. The molecular weight excluding hydrogens is 324 g/mol. The van der Waals surface area contributed by atoms with E-state index in [0.29, 0.717) is 18.8 Å². The van der Waals surface area contributed by atoms with Crippen LogP contribution in [0.15, 0.2) is 24.3 Å². The maximum absolute atomic E-state index is 12.5. The molecule has 1 atom stereocenters. The molecule has 2 amide bonds. The Morgan fingerprint density at radius 1 is 1.38 bits per heavy atom. The molecule has 2 heterocycles. The van der Waals surface area contributed by atoms with E-state index in [1.165, 1.54) is 17.3 Å². The molecule has 5 nitrogen and oxygen atoms in total. The number of hydrogen-bond donors (Lipinski definition) is 1. The lowest BCUT2D eigenvalue weighted by Crippen LogP contribution is -2.64. The van der Waals surface area contributed by atoms with E-state index >= 15 is 0 Å². The van der Waals surface area contributed by atoms with E-state index in [-0.39, 0.29) is 17.9 Å². The molecular formula is C18H24N2O3S. The lowest BCUT2D eigenvalue weighted by Gasteiger charge is -2.42. The number of nitrogens with zero attached hydrogens (tertiary/aromatic N) is 1. The number of carbonyl (C=O) groups is 2. The largest absolute Gasteiger partial charge is 0.486 e. The van der Waals surface area contributed by atoms with Gasteiger partial charge in [-0.1, -0.05) is 25.1 Å². The second-order valence-corrected chi connectivity index (χ2v) is 8.43. The number of rotatable bonds is 4. The van der Waals surface area contributed by atoms with Crippen LogP contribution in [0.25, 0.3) is 0 Å². The van der Waals surface area contributed by atoms with Gasteiger partial charge in [-0.15, -0.1) is 11.8 Å². The van der Waals surface area contributed by atoms with Crippen molar-refractivity contribution in [1.82, 2.24) is 10.2 Å². The molecule has 0 bridgehead atoms. The van der Waals surface area contributed by atoms with Crippen molar-refractivity contribution < 1.29 is 14.3 Å². The first-order valence-corrected chi connectivity index (χ1v) is 9.37. The molecule has 6 heteroatoms. The first-order chi connectivity index (χ1) is 11.4. The maximum Gasteiger partial charge on any atom is 0.246 e. The van der Waals surface area contributed by atoms with Crippen LogP contribution in [0.5, 0.6) is 5.75 Å². The fourth-order valence-corrected chi connectivity index (χ4v) is 3.87. The summed E-state index contributed by atoms with van der Waals surface area (Å²) in [5, 5.41) is 2.85. The Labute approximate surface area is 147 Å². The van der Waals surface area contributed by atoms with Gasteiger partial charge in [0, 0.05) is 5.75 Å². The standard InChI is InChI=1S/C18H24N2O3S/c1-4-12-7-5-6-8-15(12)23-13-9-20(10-13)16(21)14-11-24-18(2,3)17(22)19-14/h5-8,13-14H,4,9-11H2,1-3H3,(H,19,22). The number of hydrogen-bond acceptors (Lipinski definition) is 4. The van der Waals surface area contributed by atoms with Gasteiger partial charge in [-0.05, 0) is 31.9 Å². The molecule has 3 rings (SSSR count). The SMILES string of the molecule is CCc1ccccc1OC1CN(C(=O)C2CSC(C)(C)C(=O)N2)C1. The molecule has 2 saturated heterocycles. The number of thioether (sulfide) groups is 1. The number of carbonyl (C=O) groups excluding carboxylic acids is 2. The molecule has 0 aromatic heterocycles. The minimum absolute atomic E-state index is 0.00465. The summed E-state index contributed by atoms with van der Waals surface area (Å²) < 4.78 is 5.55. The van der Waals surface area contributed by atoms with Crippen molar-refractivity contribution in [1.29, 1.82) is 0 Å². The number of aryl methyl sites for hydroxylation is 1. The maximum atomic E-state index is 12.5. The van der Waals surface area contributed by atoms with E-state index in [1.807, 2.05) is 32.0 Å². The number of nitrogens with one attached hydrogen (secondary N) is 1. The Balaban J connectivity index is 1.51. The van der Waals surface area contributed by atoms with Gasteiger partial charge in [0.1, 0.15) is 17.9 Å². The van der Waals surface area contributed by atoms with Crippen molar-refractivity contribution in [2.24, 2.45) is 0 Å². The van der Waals surface area contributed by atoms with Crippen LogP contribution in [-0.2, 0) is 16.0 Å². The first kappa shape index (κ1) is 17.1. The van der Waals surface area contributed by atoms with Crippen LogP contribution in [0, 0.1) is 0 Å². The minimum Gasteiger partial charge on any atom is -0.486 e. The Morgan fingerprint density at radius 3 is 2.75 bits per heavy atom. The smallest absolute Gasteiger partial charge is 0.246 e. The number of amides is 2. The molecule has 24 heavy (non-hydrogen) atoms. The van der Waals surface area contributed by atoms with Crippen LogP contribution < -0.4 is 10.1 Å². The fraction of sp³-hybridized carbons (Fsp3) is 0.556. The molecule has 130 valence electrons. The molecule has 1 aromatic carbocycles. The third kappa shape index (κ3) is 3.38. The highest BCUT2D eigenvalue weighted by Crippen LogP contribution is 2.30. The zero-order valence-corrected chi connectivity index (χ0v) is 15.2. The number of ether oxygens (including phenoxy) is 1. The van der Waals surface area contributed by atoms with Gasteiger partial charge in [-0.3, -0.25) is 9.59 Å². The topological polar surface area (TPSA) is 58.6 Å². The lowest BCUT2D eigenvalue weighted by molar-refractivity contribution is -0.144. The molecule has 2 aliphatic rings. The Kier molecular flexibility index (Phi) is 4.76. The van der Waals surface area contributed by atoms with Gasteiger partial charge in [-0.2, -0.15) is 0 Å². The van der Waals surface area contributed by atoms with Gasteiger partial charge in [0.25, 0.3) is 0 Å². The molecule has 0 aliphatic carbocycles. The Bertz CT molecular complexity index is 641. The summed E-state index contributed by atoms with van der Waals surface area (Å²) in [4.78, 5) is 26.3. The lowest BCUT2D eigenvalue weighted by atomic mass is 10.1. The minimum atomic E-state index is -0.457. The number of benzene rings is 1.